The van der Waals surface area contributed by atoms with Crippen LogP contribution in [0.25, 0.3) is 0 Å². The molecule has 2 unspecified atom stereocenters. The predicted molar refractivity (Wildman–Crippen MR) is 103 cm³/mol. The van der Waals surface area contributed by atoms with Crippen LogP contribution in [0.3, 0.4) is 0 Å². The Morgan fingerprint density at radius 2 is 1.90 bits per heavy atom. The summed E-state index contributed by atoms with van der Waals surface area (Å²) < 4.78 is 15.6. The smallest absolute Gasteiger partial charge is 0.328 e. The van der Waals surface area contributed by atoms with Crippen molar-refractivity contribution in [1.29, 1.82) is 0 Å². The number of aliphatic carboxylic acids is 1. The van der Waals surface area contributed by atoms with Crippen LogP contribution in [0.4, 0.5) is 0 Å². The summed E-state index contributed by atoms with van der Waals surface area (Å²) >= 11 is 0. The molecule has 0 spiro atoms. The highest BCUT2D eigenvalue weighted by atomic mass is 16.5. The molecule has 0 aromatic heterocycles. The second kappa shape index (κ2) is 8.31. The lowest BCUT2D eigenvalue weighted by Crippen LogP contribution is -2.48. The van der Waals surface area contributed by atoms with Crippen molar-refractivity contribution in [2.24, 2.45) is 17.8 Å². The number of methoxy groups -OCH3 is 3. The number of ether oxygens (including phenoxy) is 3. The molecule has 8 heteroatoms. The minimum absolute atomic E-state index is 0.0579. The fraction of sp³-hybridized carbons (Fsp3) is 0.571. The zero-order valence-electron chi connectivity index (χ0n) is 17.1. The van der Waals surface area contributed by atoms with Crippen molar-refractivity contribution in [1.82, 2.24) is 4.90 Å². The average Bonchev–Trinajstić information content (AvgIpc) is 3.17. The second-order valence-electron chi connectivity index (χ2n) is 7.75. The fourth-order valence-electron chi connectivity index (χ4n) is 4.93. The van der Waals surface area contributed by atoms with Gasteiger partial charge in [0.2, 0.25) is 5.91 Å². The van der Waals surface area contributed by atoms with Gasteiger partial charge < -0.3 is 24.2 Å². The Morgan fingerprint density at radius 1 is 1.21 bits per heavy atom. The second-order valence-corrected chi connectivity index (χ2v) is 7.75. The van der Waals surface area contributed by atoms with E-state index in [1.54, 1.807) is 17.0 Å². The number of benzene rings is 1. The molecule has 1 N–H and O–H groups in total. The number of rotatable bonds is 7. The Morgan fingerprint density at radius 3 is 2.48 bits per heavy atom. The number of hydrogen-bond acceptors (Lipinski definition) is 6. The summed E-state index contributed by atoms with van der Waals surface area (Å²) in [6.45, 7) is 1.89. The zero-order chi connectivity index (χ0) is 21.3. The Balaban J connectivity index is 1.91. The van der Waals surface area contributed by atoms with Gasteiger partial charge in [-0.25, -0.2) is 4.79 Å². The van der Waals surface area contributed by atoms with Gasteiger partial charge >= 0.3 is 11.9 Å². The number of likely N-dealkylation sites (tertiary alicyclic amines) is 1. The number of carboxylic acid groups (broad SMARTS) is 1. The highest BCUT2D eigenvalue weighted by Crippen LogP contribution is 2.47. The summed E-state index contributed by atoms with van der Waals surface area (Å²) in [6.07, 6.45) is 0.951. The fourth-order valence-corrected chi connectivity index (χ4v) is 4.93. The number of carboxylic acids is 1. The highest BCUT2D eigenvalue weighted by molar-refractivity contribution is 5.88. The van der Waals surface area contributed by atoms with E-state index in [0.29, 0.717) is 17.9 Å². The van der Waals surface area contributed by atoms with Crippen molar-refractivity contribution in [2.45, 2.75) is 38.3 Å². The van der Waals surface area contributed by atoms with Gasteiger partial charge in [-0.2, -0.15) is 0 Å². The number of fused-ring (bicyclic) bond motifs is 1. The van der Waals surface area contributed by atoms with E-state index >= 15 is 0 Å². The normalized spacial score (nSPS) is 26.8. The molecule has 1 aromatic rings. The average molecular weight is 405 g/mol. The standard InChI is InChI=1S/C21H27NO7/c1-11-7-14-13(19(11)20(24)25)10-18(23)22(14)15(21(26)29-4)8-12-5-6-16(27-2)17(9-12)28-3/h5-6,9,11,13-15,19H,7-8,10H2,1-4H3,(H,24,25)/t11-,13+,14?,15?,19+/m0/s1. The summed E-state index contributed by atoms with van der Waals surface area (Å²) in [5.41, 5.74) is 0.787. The maximum absolute atomic E-state index is 12.8. The molecule has 1 heterocycles. The first-order valence-electron chi connectivity index (χ1n) is 9.65. The third-order valence-electron chi connectivity index (χ3n) is 6.21. The molecule has 29 heavy (non-hydrogen) atoms. The number of nitrogens with zero attached hydrogens (tertiary/aromatic N) is 1. The molecule has 158 valence electrons. The van der Waals surface area contributed by atoms with Crippen molar-refractivity contribution in [3.63, 3.8) is 0 Å². The van der Waals surface area contributed by atoms with Gasteiger partial charge in [-0.1, -0.05) is 13.0 Å². The third-order valence-corrected chi connectivity index (χ3v) is 6.21. The van der Waals surface area contributed by atoms with Crippen LogP contribution in [-0.4, -0.2) is 61.3 Å². The molecule has 0 radical (unpaired) electrons. The number of carbonyl (C=O) groups excluding carboxylic acids is 2. The molecular weight excluding hydrogens is 378 g/mol. The van der Waals surface area contributed by atoms with Crippen LogP contribution in [0, 0.1) is 17.8 Å². The highest BCUT2D eigenvalue weighted by Gasteiger charge is 2.55. The summed E-state index contributed by atoms with van der Waals surface area (Å²) in [4.78, 5) is 38.7. The molecule has 1 aliphatic carbocycles. The van der Waals surface area contributed by atoms with E-state index < -0.39 is 23.9 Å². The van der Waals surface area contributed by atoms with Crippen LogP contribution < -0.4 is 9.47 Å². The van der Waals surface area contributed by atoms with Gasteiger partial charge in [0.1, 0.15) is 6.04 Å². The number of amides is 1. The minimum Gasteiger partial charge on any atom is -0.493 e. The van der Waals surface area contributed by atoms with E-state index in [1.165, 1.54) is 21.3 Å². The maximum Gasteiger partial charge on any atom is 0.328 e. The quantitative estimate of drug-likeness (QED) is 0.690. The van der Waals surface area contributed by atoms with Gasteiger partial charge in [0.25, 0.3) is 0 Å². The molecule has 1 saturated carbocycles. The van der Waals surface area contributed by atoms with E-state index in [1.807, 2.05) is 13.0 Å². The Labute approximate surface area is 169 Å². The first kappa shape index (κ1) is 21.0. The molecule has 1 saturated heterocycles. The van der Waals surface area contributed by atoms with Crippen molar-refractivity contribution in [3.8, 4) is 11.5 Å². The van der Waals surface area contributed by atoms with Crippen molar-refractivity contribution >= 4 is 17.8 Å². The van der Waals surface area contributed by atoms with Crippen LogP contribution in [0.2, 0.25) is 0 Å². The van der Waals surface area contributed by atoms with Gasteiger partial charge in [0.05, 0.1) is 27.2 Å². The van der Waals surface area contributed by atoms with Gasteiger partial charge in [-0.3, -0.25) is 9.59 Å². The third kappa shape index (κ3) is 3.75. The topological polar surface area (TPSA) is 102 Å². The summed E-state index contributed by atoms with van der Waals surface area (Å²) in [6, 6.07) is 4.23. The molecule has 8 nitrogen and oxygen atoms in total. The molecule has 5 atom stereocenters. The first-order valence-corrected chi connectivity index (χ1v) is 9.65. The minimum atomic E-state index is -0.880. The van der Waals surface area contributed by atoms with E-state index in [2.05, 4.69) is 0 Å². The number of hydrogen-bond donors (Lipinski definition) is 1. The lowest BCUT2D eigenvalue weighted by atomic mass is 9.89. The number of carbonyl (C=O) groups is 3. The van der Waals surface area contributed by atoms with Crippen molar-refractivity contribution in [3.05, 3.63) is 23.8 Å². The van der Waals surface area contributed by atoms with E-state index in [4.69, 9.17) is 14.2 Å². The van der Waals surface area contributed by atoms with Crippen LogP contribution >= 0.6 is 0 Å². The Hall–Kier alpha value is -2.77. The molecule has 1 amide bonds. The Bertz CT molecular complexity index is 808. The summed E-state index contributed by atoms with van der Waals surface area (Å²) in [5, 5.41) is 9.59. The van der Waals surface area contributed by atoms with E-state index in [9.17, 15) is 19.5 Å². The molecule has 1 aromatic carbocycles. The van der Waals surface area contributed by atoms with E-state index in [0.717, 1.165) is 5.56 Å². The van der Waals surface area contributed by atoms with Gasteiger partial charge in [0.15, 0.2) is 11.5 Å². The summed E-state index contributed by atoms with van der Waals surface area (Å²) in [5.74, 6) is -1.42. The maximum atomic E-state index is 12.8. The number of esters is 1. The first-order chi connectivity index (χ1) is 13.8. The van der Waals surface area contributed by atoms with Crippen LogP contribution in [0.1, 0.15) is 25.3 Å². The molecule has 2 fully saturated rings. The largest absolute Gasteiger partial charge is 0.493 e. The predicted octanol–water partition coefficient (Wildman–Crippen LogP) is 1.75. The lowest BCUT2D eigenvalue weighted by molar-refractivity contribution is -0.152. The van der Waals surface area contributed by atoms with Crippen molar-refractivity contribution < 1.29 is 33.7 Å². The van der Waals surface area contributed by atoms with E-state index in [-0.39, 0.29) is 36.6 Å². The van der Waals surface area contributed by atoms with Gasteiger partial charge in [0, 0.05) is 24.8 Å². The van der Waals surface area contributed by atoms with Crippen LogP contribution in [-0.2, 0) is 25.5 Å². The van der Waals surface area contributed by atoms with Crippen molar-refractivity contribution in [2.75, 3.05) is 21.3 Å². The molecule has 2 aliphatic rings. The van der Waals surface area contributed by atoms with Gasteiger partial charge in [-0.15, -0.1) is 0 Å². The molecule has 0 bridgehead atoms. The molecule has 1 aliphatic heterocycles. The Kier molecular flexibility index (Phi) is 6.00. The van der Waals surface area contributed by atoms with Crippen LogP contribution in [0.15, 0.2) is 18.2 Å². The lowest BCUT2D eigenvalue weighted by Gasteiger charge is -2.31. The van der Waals surface area contributed by atoms with Crippen LogP contribution in [0.5, 0.6) is 11.5 Å². The van der Waals surface area contributed by atoms with Gasteiger partial charge in [-0.05, 0) is 30.0 Å². The zero-order valence-corrected chi connectivity index (χ0v) is 17.1. The monoisotopic (exact) mass is 405 g/mol. The molecule has 3 rings (SSSR count). The summed E-state index contributed by atoms with van der Waals surface area (Å²) in [7, 11) is 4.36. The SMILES string of the molecule is COC(=O)C(Cc1ccc(OC)c(OC)c1)N1C(=O)C[C@@H]2C1C[C@H](C)[C@H]2C(=O)O. The molecular formula is C21H27NO7.